The summed E-state index contributed by atoms with van der Waals surface area (Å²) in [6, 6.07) is 5.37. The van der Waals surface area contributed by atoms with Crippen LogP contribution in [0.25, 0.3) is 11.1 Å². The number of imide groups is 2. The van der Waals surface area contributed by atoms with Crippen molar-refractivity contribution in [2.75, 3.05) is 37.6 Å². The summed E-state index contributed by atoms with van der Waals surface area (Å²) in [6.45, 7) is 2.09. The monoisotopic (exact) mass is 884 g/mol. The van der Waals surface area contributed by atoms with Crippen LogP contribution in [0.4, 0.5) is 29.1 Å². The van der Waals surface area contributed by atoms with Gasteiger partial charge in [-0.3, -0.25) is 53.2 Å². The molecule has 16 nitrogen and oxygen atoms in total. The predicted molar refractivity (Wildman–Crippen MR) is 218 cm³/mol. The maximum absolute atomic E-state index is 14.7. The molecule has 0 radical (unpaired) electrons. The van der Waals surface area contributed by atoms with Crippen molar-refractivity contribution < 1.29 is 46.3 Å². The molecule has 4 aromatic rings. The van der Waals surface area contributed by atoms with Crippen molar-refractivity contribution >= 4 is 46.9 Å². The number of nitrogens with one attached hydrogen (secondary N) is 1. The van der Waals surface area contributed by atoms with Crippen LogP contribution >= 0.6 is 0 Å². The molecule has 2 aromatic carbocycles. The fourth-order valence-electron chi connectivity index (χ4n) is 10.3. The van der Waals surface area contributed by atoms with E-state index in [-0.39, 0.29) is 67.5 Å². The Morgan fingerprint density at radius 3 is 2.16 bits per heavy atom. The summed E-state index contributed by atoms with van der Waals surface area (Å²) < 4.78 is 60.4. The number of halogens is 4. The molecule has 8 heterocycles. The Bertz CT molecular complexity index is 2610. The summed E-state index contributed by atoms with van der Waals surface area (Å²) in [5.41, 5.74) is 5.58. The Hall–Kier alpha value is -6.44. The van der Waals surface area contributed by atoms with Gasteiger partial charge in [0.25, 0.3) is 24.1 Å². The molecule has 1 N–H and O–H groups in total. The third kappa shape index (κ3) is 7.11. The Morgan fingerprint density at radius 1 is 0.812 bits per heavy atom. The number of carbonyl (C=O) groups excluding carboxylic acids is 6. The maximum Gasteiger partial charge on any atom is 0.315 e. The van der Waals surface area contributed by atoms with Gasteiger partial charge < -0.3 is 14.7 Å². The zero-order chi connectivity index (χ0) is 44.7. The first-order valence-corrected chi connectivity index (χ1v) is 21.5. The van der Waals surface area contributed by atoms with E-state index in [2.05, 4.69) is 10.4 Å². The van der Waals surface area contributed by atoms with Gasteiger partial charge in [0.1, 0.15) is 6.04 Å². The van der Waals surface area contributed by atoms with E-state index in [1.54, 1.807) is 47.2 Å². The molecule has 2 saturated heterocycles. The second kappa shape index (κ2) is 16.0. The molecule has 10 rings (SSSR count). The second-order valence-electron chi connectivity index (χ2n) is 17.4. The van der Waals surface area contributed by atoms with Crippen molar-refractivity contribution in [1.29, 1.82) is 0 Å². The van der Waals surface area contributed by atoms with Crippen LogP contribution in [0.2, 0.25) is 0 Å². The third-order valence-electron chi connectivity index (χ3n) is 13.5. The van der Waals surface area contributed by atoms with Crippen LogP contribution in [-0.2, 0) is 58.7 Å². The minimum Gasteiger partial charge on any atom is -0.341 e. The number of amides is 6. The van der Waals surface area contributed by atoms with E-state index in [4.69, 9.17) is 5.10 Å². The summed E-state index contributed by atoms with van der Waals surface area (Å²) >= 11 is 0. The van der Waals surface area contributed by atoms with Crippen LogP contribution in [0.15, 0.2) is 36.7 Å². The molecular formula is C44H44F4N10O6. The van der Waals surface area contributed by atoms with Crippen molar-refractivity contribution in [3.63, 3.8) is 0 Å². The lowest BCUT2D eigenvalue weighted by Gasteiger charge is -2.34. The van der Waals surface area contributed by atoms with Crippen molar-refractivity contribution in [3.05, 3.63) is 81.3 Å². The molecule has 0 spiro atoms. The van der Waals surface area contributed by atoms with Gasteiger partial charge in [-0.1, -0.05) is 0 Å². The van der Waals surface area contributed by atoms with Gasteiger partial charge >= 0.3 is 6.43 Å². The minimum absolute atomic E-state index is 0.0261. The number of aromatic nitrogens is 4. The Kier molecular flexibility index (Phi) is 10.4. The molecule has 0 aliphatic carbocycles. The number of alkyl halides is 4. The van der Waals surface area contributed by atoms with Gasteiger partial charge in [-0.15, -0.1) is 0 Å². The third-order valence-corrected chi connectivity index (χ3v) is 13.5. The summed E-state index contributed by atoms with van der Waals surface area (Å²) in [4.78, 5) is 84.9. The molecule has 0 bridgehead atoms. The Labute approximate surface area is 363 Å². The molecule has 334 valence electrons. The average Bonchev–Trinajstić information content (AvgIpc) is 4.05. The average molecular weight is 885 g/mol. The number of hydrogen-bond acceptors (Lipinski definition) is 10. The standard InChI is InChI=1S/C44H44F4N10O6/c1-52-18-26(17-49-52)28-13-23-3-2-9-56(35(23)16-29(28)38(45)46)40-32-21-55(44(64)39(47)48)12-8-33(32)58(51-40)27-6-10-54(11-7-27)37(60)22-53-19-24-14-30-31(15-25(24)20-53)43(63)57(42(30)62)34-4-5-36(59)50-41(34)61/h13-18,27,34,38-39H,2-12,19-22H2,1H3,(H,50,59,61). The Morgan fingerprint density at radius 2 is 1.52 bits per heavy atom. The highest BCUT2D eigenvalue weighted by atomic mass is 19.3. The Balaban J connectivity index is 0.848. The van der Waals surface area contributed by atoms with Gasteiger partial charge in [0.05, 0.1) is 36.5 Å². The molecule has 0 saturated carbocycles. The van der Waals surface area contributed by atoms with Gasteiger partial charge in [-0.2, -0.15) is 19.0 Å². The van der Waals surface area contributed by atoms with Crippen LogP contribution < -0.4 is 10.2 Å². The number of anilines is 2. The number of rotatable bonds is 8. The van der Waals surface area contributed by atoms with Gasteiger partial charge in [-0.05, 0) is 78.6 Å². The van der Waals surface area contributed by atoms with Gasteiger partial charge in [-0.25, -0.2) is 8.78 Å². The fourth-order valence-corrected chi connectivity index (χ4v) is 10.3. The van der Waals surface area contributed by atoms with E-state index in [0.717, 1.165) is 32.2 Å². The summed E-state index contributed by atoms with van der Waals surface area (Å²) in [5, 5.41) is 11.5. The number of nitrogens with zero attached hydrogens (tertiary/aromatic N) is 9. The highest BCUT2D eigenvalue weighted by molar-refractivity contribution is 6.23. The van der Waals surface area contributed by atoms with Crippen LogP contribution in [0.1, 0.15) is 98.8 Å². The van der Waals surface area contributed by atoms with Crippen molar-refractivity contribution in [2.24, 2.45) is 7.05 Å². The normalized spacial score (nSPS) is 20.3. The molecule has 6 aliphatic rings. The first-order valence-electron chi connectivity index (χ1n) is 21.5. The lowest BCUT2D eigenvalue weighted by molar-refractivity contribution is -0.143. The van der Waals surface area contributed by atoms with Gasteiger partial charge in [0.2, 0.25) is 17.7 Å². The summed E-state index contributed by atoms with van der Waals surface area (Å²) in [5.74, 6) is -3.22. The van der Waals surface area contributed by atoms with E-state index >= 15 is 0 Å². The molecule has 6 aliphatic heterocycles. The number of piperidine rings is 2. The number of benzene rings is 2. The lowest BCUT2D eigenvalue weighted by Crippen LogP contribution is -2.54. The fraction of sp³-hybridized carbons (Fsp3) is 0.455. The molecule has 1 atom stereocenters. The molecule has 1 unspecified atom stereocenters. The predicted octanol–water partition coefficient (Wildman–Crippen LogP) is 4.04. The van der Waals surface area contributed by atoms with E-state index in [9.17, 15) is 46.3 Å². The topological polar surface area (TPSA) is 166 Å². The smallest absolute Gasteiger partial charge is 0.315 e. The zero-order valence-electron chi connectivity index (χ0n) is 34.9. The highest BCUT2D eigenvalue weighted by Crippen LogP contribution is 2.44. The summed E-state index contributed by atoms with van der Waals surface area (Å²) in [7, 11) is 1.72. The molecule has 6 amide bonds. The van der Waals surface area contributed by atoms with Crippen molar-refractivity contribution in [1.82, 2.24) is 44.5 Å². The number of likely N-dealkylation sites (tertiary alicyclic amines) is 1. The minimum atomic E-state index is -3.18. The van der Waals surface area contributed by atoms with E-state index in [0.29, 0.717) is 86.6 Å². The van der Waals surface area contributed by atoms with E-state index < -0.39 is 48.4 Å². The number of carbonyl (C=O) groups is 6. The molecule has 64 heavy (non-hydrogen) atoms. The number of hydrogen-bond donors (Lipinski definition) is 1. The molecule has 2 aromatic heterocycles. The number of aryl methyl sites for hydroxylation is 2. The number of fused-ring (bicyclic) bond motifs is 4. The SMILES string of the molecule is Cn1cc(-c2cc3c(cc2C(F)F)N(c2nn(C4CCN(C(=O)CN5Cc6cc7c(cc6C5)C(=O)N(C5CCC(=O)NC5=O)C7=O)CC4)c4c2CN(C(=O)C(F)F)CC4)CCC3)cn1. The van der Waals surface area contributed by atoms with Crippen LogP contribution in [0.5, 0.6) is 0 Å². The van der Waals surface area contributed by atoms with Crippen molar-refractivity contribution in [2.45, 2.75) is 89.5 Å². The largest absolute Gasteiger partial charge is 0.341 e. The quantitative estimate of drug-likeness (QED) is 0.202. The lowest BCUT2D eigenvalue weighted by atomic mass is 9.92. The van der Waals surface area contributed by atoms with Gasteiger partial charge in [0, 0.05) is 93.4 Å². The van der Waals surface area contributed by atoms with Crippen LogP contribution in [-0.4, -0.2) is 120 Å². The van der Waals surface area contributed by atoms with Crippen molar-refractivity contribution in [3.8, 4) is 11.1 Å². The first kappa shape index (κ1) is 41.6. The summed E-state index contributed by atoms with van der Waals surface area (Å²) in [6.07, 6.45) is 0.0157. The molecule has 20 heteroatoms. The van der Waals surface area contributed by atoms with Gasteiger partial charge in [0.15, 0.2) is 5.82 Å². The van der Waals surface area contributed by atoms with Crippen LogP contribution in [0.3, 0.4) is 0 Å². The van der Waals surface area contributed by atoms with E-state index in [1.165, 1.54) is 6.07 Å². The first-order chi connectivity index (χ1) is 30.7. The molecular weight excluding hydrogens is 841 g/mol. The van der Waals surface area contributed by atoms with E-state index in [1.807, 2.05) is 14.5 Å². The van der Waals surface area contributed by atoms with Crippen LogP contribution in [0, 0.1) is 0 Å². The molecule has 2 fully saturated rings. The highest BCUT2D eigenvalue weighted by Gasteiger charge is 2.46. The maximum atomic E-state index is 14.7. The zero-order valence-corrected chi connectivity index (χ0v) is 34.9. The second-order valence-corrected chi connectivity index (χ2v) is 17.4.